The second-order valence-corrected chi connectivity index (χ2v) is 6.51. The Morgan fingerprint density at radius 2 is 1.70 bits per heavy atom. The third-order valence-electron chi connectivity index (χ3n) is 4.47. The Labute approximate surface area is 126 Å². The van der Waals surface area contributed by atoms with Crippen molar-refractivity contribution < 1.29 is 0 Å². The molecule has 0 spiro atoms. The molecule has 2 heteroatoms. The van der Waals surface area contributed by atoms with E-state index in [1.165, 1.54) is 89.3 Å². The number of likely N-dealkylation sites (N-methyl/N-ethyl adjacent to an activating group) is 1. The summed E-state index contributed by atoms with van der Waals surface area (Å²) in [6.45, 7) is 7.51. The van der Waals surface area contributed by atoms with E-state index in [4.69, 9.17) is 0 Å². The Balaban J connectivity index is 1.89. The lowest BCUT2D eigenvalue weighted by Crippen LogP contribution is -2.24. The normalized spacial score (nSPS) is 17.6. The molecule has 0 amide bonds. The average Bonchev–Trinajstić information content (AvgIpc) is 2.40. The molecule has 20 heavy (non-hydrogen) atoms. The molecule has 2 N–H and O–H groups in total. The van der Waals surface area contributed by atoms with Crippen LogP contribution in [0.4, 0.5) is 0 Å². The van der Waals surface area contributed by atoms with Gasteiger partial charge in [-0.2, -0.15) is 0 Å². The molecular weight excluding hydrogens is 244 g/mol. The van der Waals surface area contributed by atoms with Gasteiger partial charge in [0.25, 0.3) is 0 Å². The molecule has 1 aliphatic carbocycles. The molecule has 0 atom stereocenters. The Hall–Kier alpha value is -0.340. The van der Waals surface area contributed by atoms with Gasteiger partial charge in [0.2, 0.25) is 0 Å². The molecular formula is C18H36N2. The summed E-state index contributed by atoms with van der Waals surface area (Å²) in [4.78, 5) is 0. The van der Waals surface area contributed by atoms with E-state index in [0.717, 1.165) is 12.5 Å². The Morgan fingerprint density at radius 3 is 2.40 bits per heavy atom. The van der Waals surface area contributed by atoms with Crippen LogP contribution in [0, 0.1) is 5.92 Å². The molecule has 1 saturated carbocycles. The first-order valence-electron chi connectivity index (χ1n) is 8.85. The summed E-state index contributed by atoms with van der Waals surface area (Å²) >= 11 is 0. The lowest BCUT2D eigenvalue weighted by atomic mass is 9.91. The molecule has 118 valence electrons. The molecule has 0 aliphatic heterocycles. The SMILES string of the molecule is C=C(CCCCCNCC1CCCCCCC1)CNC. The number of unbranched alkanes of at least 4 members (excludes halogenated alkanes) is 2. The smallest absolute Gasteiger partial charge is 0.0158 e. The highest BCUT2D eigenvalue weighted by molar-refractivity contribution is 4.95. The van der Waals surface area contributed by atoms with Crippen LogP contribution in [-0.2, 0) is 0 Å². The van der Waals surface area contributed by atoms with Gasteiger partial charge in [0.05, 0.1) is 0 Å². The third kappa shape index (κ3) is 9.55. The maximum Gasteiger partial charge on any atom is 0.0158 e. The van der Waals surface area contributed by atoms with Gasteiger partial charge >= 0.3 is 0 Å². The summed E-state index contributed by atoms with van der Waals surface area (Å²) in [5.41, 5.74) is 1.34. The first kappa shape index (κ1) is 17.7. The number of hydrogen-bond donors (Lipinski definition) is 2. The van der Waals surface area contributed by atoms with E-state index in [0.29, 0.717) is 0 Å². The standard InChI is InChI=1S/C18H36N2/c1-17(15-19-2)11-7-6-10-14-20-16-18-12-8-4-3-5-9-13-18/h18-20H,1,3-16H2,2H3. The lowest BCUT2D eigenvalue weighted by Gasteiger charge is -2.20. The van der Waals surface area contributed by atoms with Gasteiger partial charge in [0.1, 0.15) is 0 Å². The van der Waals surface area contributed by atoms with Crippen LogP contribution < -0.4 is 10.6 Å². The van der Waals surface area contributed by atoms with Crippen LogP contribution in [-0.4, -0.2) is 26.7 Å². The summed E-state index contributed by atoms with van der Waals surface area (Å²) in [5.74, 6) is 0.950. The predicted octanol–water partition coefficient (Wildman–Crippen LogP) is 4.27. The fraction of sp³-hybridized carbons (Fsp3) is 0.889. The zero-order chi connectivity index (χ0) is 14.5. The van der Waals surface area contributed by atoms with Crippen molar-refractivity contribution in [3.63, 3.8) is 0 Å². The van der Waals surface area contributed by atoms with Gasteiger partial charge in [-0.15, -0.1) is 0 Å². The van der Waals surface area contributed by atoms with Crippen LogP contribution in [0.3, 0.4) is 0 Å². The highest BCUT2D eigenvalue weighted by Crippen LogP contribution is 2.21. The number of rotatable bonds is 10. The molecule has 0 unspecified atom stereocenters. The Morgan fingerprint density at radius 1 is 1.00 bits per heavy atom. The molecule has 1 fully saturated rings. The molecule has 0 aromatic rings. The fourth-order valence-corrected chi connectivity index (χ4v) is 3.19. The minimum absolute atomic E-state index is 0.950. The molecule has 1 aliphatic rings. The zero-order valence-electron chi connectivity index (χ0n) is 13.7. The van der Waals surface area contributed by atoms with E-state index in [2.05, 4.69) is 17.2 Å². The fourth-order valence-electron chi connectivity index (χ4n) is 3.19. The predicted molar refractivity (Wildman–Crippen MR) is 90.2 cm³/mol. The Bertz CT molecular complexity index is 230. The molecule has 0 heterocycles. The van der Waals surface area contributed by atoms with Gasteiger partial charge in [-0.05, 0) is 58.2 Å². The van der Waals surface area contributed by atoms with Crippen molar-refractivity contribution in [2.75, 3.05) is 26.7 Å². The van der Waals surface area contributed by atoms with Crippen molar-refractivity contribution in [2.45, 2.75) is 70.6 Å². The van der Waals surface area contributed by atoms with Gasteiger partial charge in [0.15, 0.2) is 0 Å². The maximum atomic E-state index is 4.08. The van der Waals surface area contributed by atoms with Crippen LogP contribution in [0.5, 0.6) is 0 Å². The average molecular weight is 280 g/mol. The van der Waals surface area contributed by atoms with Gasteiger partial charge in [-0.3, -0.25) is 0 Å². The quantitative estimate of drug-likeness (QED) is 0.461. The maximum absolute atomic E-state index is 4.08. The summed E-state index contributed by atoms with van der Waals surface area (Å²) in [6.07, 6.45) is 15.4. The van der Waals surface area contributed by atoms with Gasteiger partial charge < -0.3 is 10.6 Å². The van der Waals surface area contributed by atoms with Gasteiger partial charge in [0, 0.05) is 6.54 Å². The van der Waals surface area contributed by atoms with Gasteiger partial charge in [-0.25, -0.2) is 0 Å². The topological polar surface area (TPSA) is 24.1 Å². The monoisotopic (exact) mass is 280 g/mol. The summed E-state index contributed by atoms with van der Waals surface area (Å²) in [6, 6.07) is 0. The van der Waals surface area contributed by atoms with Crippen LogP contribution in [0.15, 0.2) is 12.2 Å². The number of nitrogens with one attached hydrogen (secondary N) is 2. The minimum Gasteiger partial charge on any atom is -0.316 e. The molecule has 0 radical (unpaired) electrons. The molecule has 0 bridgehead atoms. The minimum atomic E-state index is 0.950. The molecule has 0 aromatic carbocycles. The second-order valence-electron chi connectivity index (χ2n) is 6.51. The van der Waals surface area contributed by atoms with Crippen molar-refractivity contribution >= 4 is 0 Å². The van der Waals surface area contributed by atoms with Crippen LogP contribution in [0.1, 0.15) is 70.6 Å². The van der Waals surface area contributed by atoms with Crippen LogP contribution >= 0.6 is 0 Å². The van der Waals surface area contributed by atoms with E-state index < -0.39 is 0 Å². The summed E-state index contributed by atoms with van der Waals surface area (Å²) in [7, 11) is 1.99. The first-order chi connectivity index (χ1) is 9.83. The molecule has 1 rings (SSSR count). The van der Waals surface area contributed by atoms with Crippen molar-refractivity contribution in [2.24, 2.45) is 5.92 Å². The van der Waals surface area contributed by atoms with E-state index in [1.807, 2.05) is 7.05 Å². The van der Waals surface area contributed by atoms with Crippen molar-refractivity contribution in [3.05, 3.63) is 12.2 Å². The van der Waals surface area contributed by atoms with E-state index in [1.54, 1.807) is 0 Å². The van der Waals surface area contributed by atoms with Crippen molar-refractivity contribution in [1.29, 1.82) is 0 Å². The molecule has 2 nitrogen and oxygen atoms in total. The summed E-state index contributed by atoms with van der Waals surface area (Å²) < 4.78 is 0. The van der Waals surface area contributed by atoms with Crippen LogP contribution in [0.25, 0.3) is 0 Å². The van der Waals surface area contributed by atoms with E-state index >= 15 is 0 Å². The number of hydrogen-bond acceptors (Lipinski definition) is 2. The van der Waals surface area contributed by atoms with Gasteiger partial charge in [-0.1, -0.05) is 50.7 Å². The first-order valence-corrected chi connectivity index (χ1v) is 8.85. The largest absolute Gasteiger partial charge is 0.316 e. The highest BCUT2D eigenvalue weighted by atomic mass is 14.9. The molecule has 0 saturated heterocycles. The summed E-state index contributed by atoms with van der Waals surface area (Å²) in [5, 5.41) is 6.84. The van der Waals surface area contributed by atoms with Crippen LogP contribution in [0.2, 0.25) is 0 Å². The lowest BCUT2D eigenvalue weighted by molar-refractivity contribution is 0.360. The third-order valence-corrected chi connectivity index (χ3v) is 4.47. The highest BCUT2D eigenvalue weighted by Gasteiger charge is 2.10. The Kier molecular flexibility index (Phi) is 11.0. The van der Waals surface area contributed by atoms with Crippen molar-refractivity contribution in [3.8, 4) is 0 Å². The zero-order valence-corrected chi connectivity index (χ0v) is 13.7. The van der Waals surface area contributed by atoms with E-state index in [9.17, 15) is 0 Å². The van der Waals surface area contributed by atoms with Crippen molar-refractivity contribution in [1.82, 2.24) is 10.6 Å². The van der Waals surface area contributed by atoms with E-state index in [-0.39, 0.29) is 0 Å². The second kappa shape index (κ2) is 12.4. The molecule has 0 aromatic heterocycles.